The van der Waals surface area contributed by atoms with Crippen LogP contribution in [0.1, 0.15) is 53.3 Å². The molecule has 30 heavy (non-hydrogen) atoms. The van der Waals surface area contributed by atoms with E-state index >= 15 is 0 Å². The van der Waals surface area contributed by atoms with Crippen LogP contribution in [-0.4, -0.2) is 44.9 Å². The SMILES string of the molecule is CC[C@@H](O[C@@H]1C[C@@H](COc2ccc([N+](=O)[O-])c(C)c2)[C@H](O)C1)c1nc(C(=O)O)cs1. The second-order valence-corrected chi connectivity index (χ2v) is 8.24. The summed E-state index contributed by atoms with van der Waals surface area (Å²) in [5.74, 6) is -0.679. The summed E-state index contributed by atoms with van der Waals surface area (Å²) in [6, 6.07) is 4.58. The standard InChI is InChI=1S/C20H24N2O7S/c1-3-18(19-21-15(10-30-19)20(24)25)29-14-7-12(17(23)8-14)9-28-13-4-5-16(22(26)27)11(2)6-13/h4-6,10,12,14,17-18,23H,3,7-9H2,1-2H3,(H,24,25)/t12-,14+,17+,18+/m0/s1. The first-order valence-corrected chi connectivity index (χ1v) is 10.6. The number of rotatable bonds is 9. The molecule has 1 aliphatic carbocycles. The number of aromatic carboxylic acids is 1. The average molecular weight is 436 g/mol. The monoisotopic (exact) mass is 436 g/mol. The fourth-order valence-corrected chi connectivity index (χ4v) is 4.47. The van der Waals surface area contributed by atoms with E-state index < -0.39 is 17.0 Å². The maximum Gasteiger partial charge on any atom is 0.355 e. The minimum absolute atomic E-state index is 0.00757. The van der Waals surface area contributed by atoms with E-state index in [1.54, 1.807) is 19.1 Å². The molecule has 3 rings (SSSR count). The second kappa shape index (κ2) is 9.50. The summed E-state index contributed by atoms with van der Waals surface area (Å²) < 4.78 is 11.9. The lowest BCUT2D eigenvalue weighted by molar-refractivity contribution is -0.385. The molecule has 0 spiro atoms. The summed E-state index contributed by atoms with van der Waals surface area (Å²) in [4.78, 5) is 25.6. The first kappa shape index (κ1) is 22.1. The molecule has 0 unspecified atom stereocenters. The van der Waals surface area contributed by atoms with Gasteiger partial charge in [-0.25, -0.2) is 9.78 Å². The molecule has 0 radical (unpaired) electrons. The van der Waals surface area contributed by atoms with Crippen LogP contribution in [0.2, 0.25) is 0 Å². The molecule has 162 valence electrons. The van der Waals surface area contributed by atoms with Crippen molar-refractivity contribution in [2.75, 3.05) is 6.61 Å². The number of benzene rings is 1. The van der Waals surface area contributed by atoms with Gasteiger partial charge in [-0.05, 0) is 38.3 Å². The number of aryl methyl sites for hydroxylation is 1. The van der Waals surface area contributed by atoms with Gasteiger partial charge in [0.1, 0.15) is 16.9 Å². The van der Waals surface area contributed by atoms with Gasteiger partial charge in [0.05, 0.1) is 23.7 Å². The van der Waals surface area contributed by atoms with Crippen molar-refractivity contribution in [1.82, 2.24) is 4.98 Å². The second-order valence-electron chi connectivity index (χ2n) is 7.35. The lowest BCUT2D eigenvalue weighted by atomic mass is 10.1. The number of carboxylic acids is 1. The van der Waals surface area contributed by atoms with E-state index in [-0.39, 0.29) is 36.1 Å². The molecular weight excluding hydrogens is 412 g/mol. The molecule has 10 heteroatoms. The van der Waals surface area contributed by atoms with Crippen LogP contribution in [0.15, 0.2) is 23.6 Å². The summed E-state index contributed by atoms with van der Waals surface area (Å²) in [5, 5.41) is 32.5. The number of carbonyl (C=O) groups is 1. The molecule has 9 nitrogen and oxygen atoms in total. The minimum atomic E-state index is -1.07. The number of hydrogen-bond donors (Lipinski definition) is 2. The Labute approximate surface area is 177 Å². The number of aliphatic hydroxyl groups is 1. The molecule has 1 fully saturated rings. The van der Waals surface area contributed by atoms with Gasteiger partial charge in [0.25, 0.3) is 5.69 Å². The van der Waals surface area contributed by atoms with E-state index in [9.17, 15) is 20.0 Å². The van der Waals surface area contributed by atoms with Gasteiger partial charge in [0.2, 0.25) is 0 Å². The van der Waals surface area contributed by atoms with Crippen molar-refractivity contribution in [3.8, 4) is 5.75 Å². The molecule has 1 aromatic heterocycles. The van der Waals surface area contributed by atoms with Crippen LogP contribution < -0.4 is 4.74 Å². The summed E-state index contributed by atoms with van der Waals surface area (Å²) in [6.45, 7) is 3.86. The van der Waals surface area contributed by atoms with Crippen molar-refractivity contribution in [3.63, 3.8) is 0 Å². The van der Waals surface area contributed by atoms with E-state index in [4.69, 9.17) is 14.6 Å². The number of ether oxygens (including phenoxy) is 2. The first-order chi connectivity index (χ1) is 14.3. The highest BCUT2D eigenvalue weighted by Gasteiger charge is 2.36. The van der Waals surface area contributed by atoms with Crippen molar-refractivity contribution in [3.05, 3.63) is 50.0 Å². The highest BCUT2D eigenvalue weighted by molar-refractivity contribution is 7.09. The van der Waals surface area contributed by atoms with Crippen LogP contribution >= 0.6 is 11.3 Å². The zero-order valence-corrected chi connectivity index (χ0v) is 17.5. The maximum atomic E-state index is 11.0. The molecule has 1 aromatic carbocycles. The third-order valence-electron chi connectivity index (χ3n) is 5.19. The molecule has 0 amide bonds. The van der Waals surface area contributed by atoms with Gasteiger partial charge in [-0.3, -0.25) is 10.1 Å². The molecule has 2 aromatic rings. The number of aromatic nitrogens is 1. The summed E-state index contributed by atoms with van der Waals surface area (Å²) >= 11 is 1.26. The van der Waals surface area contributed by atoms with E-state index in [1.807, 2.05) is 6.92 Å². The van der Waals surface area contributed by atoms with Crippen LogP contribution in [0.3, 0.4) is 0 Å². The lowest BCUT2D eigenvalue weighted by Crippen LogP contribution is -2.20. The Morgan fingerprint density at radius 1 is 1.43 bits per heavy atom. The quantitative estimate of drug-likeness (QED) is 0.449. The normalized spacial score (nSPS) is 22.0. The minimum Gasteiger partial charge on any atom is -0.493 e. The van der Waals surface area contributed by atoms with Crippen LogP contribution in [0.4, 0.5) is 5.69 Å². The third kappa shape index (κ3) is 5.13. The maximum absolute atomic E-state index is 11.0. The molecule has 2 N–H and O–H groups in total. The Morgan fingerprint density at radius 3 is 2.80 bits per heavy atom. The Hall–Kier alpha value is -2.56. The molecule has 0 bridgehead atoms. The average Bonchev–Trinajstić information content (AvgIpc) is 3.31. The number of hydrogen-bond acceptors (Lipinski definition) is 8. The summed E-state index contributed by atoms with van der Waals surface area (Å²) in [7, 11) is 0. The number of thiazole rings is 1. The highest BCUT2D eigenvalue weighted by Crippen LogP contribution is 2.35. The Bertz CT molecular complexity index is 916. The van der Waals surface area contributed by atoms with E-state index in [1.165, 1.54) is 22.8 Å². The molecule has 1 saturated carbocycles. The summed E-state index contributed by atoms with van der Waals surface area (Å²) in [5.41, 5.74) is 0.560. The smallest absolute Gasteiger partial charge is 0.355 e. The fourth-order valence-electron chi connectivity index (χ4n) is 3.56. The zero-order chi connectivity index (χ0) is 21.8. The largest absolute Gasteiger partial charge is 0.493 e. The highest BCUT2D eigenvalue weighted by atomic mass is 32.1. The zero-order valence-electron chi connectivity index (χ0n) is 16.7. The van der Waals surface area contributed by atoms with Crippen molar-refractivity contribution < 1.29 is 29.4 Å². The van der Waals surface area contributed by atoms with Gasteiger partial charge in [0, 0.05) is 22.9 Å². The Kier molecular flexibility index (Phi) is 7.01. The lowest BCUT2D eigenvalue weighted by Gasteiger charge is -2.19. The Balaban J connectivity index is 1.56. The number of nitro benzene ring substituents is 1. The Morgan fingerprint density at radius 2 is 2.20 bits per heavy atom. The molecular formula is C20H24N2O7S. The number of aliphatic hydroxyl groups excluding tert-OH is 1. The predicted octanol–water partition coefficient (Wildman–Crippen LogP) is 3.74. The van der Waals surface area contributed by atoms with Gasteiger partial charge >= 0.3 is 5.97 Å². The van der Waals surface area contributed by atoms with E-state index in [0.29, 0.717) is 35.6 Å². The number of nitro groups is 1. The van der Waals surface area contributed by atoms with Crippen LogP contribution in [0.25, 0.3) is 0 Å². The van der Waals surface area contributed by atoms with E-state index in [0.717, 1.165) is 0 Å². The van der Waals surface area contributed by atoms with Gasteiger partial charge in [-0.1, -0.05) is 6.92 Å². The molecule has 0 aliphatic heterocycles. The van der Waals surface area contributed by atoms with Crippen molar-refractivity contribution in [2.45, 2.75) is 51.4 Å². The molecule has 4 atom stereocenters. The van der Waals surface area contributed by atoms with Gasteiger partial charge in [-0.2, -0.15) is 0 Å². The van der Waals surface area contributed by atoms with Crippen LogP contribution in [-0.2, 0) is 4.74 Å². The third-order valence-corrected chi connectivity index (χ3v) is 6.12. The van der Waals surface area contributed by atoms with Gasteiger partial charge < -0.3 is 19.7 Å². The first-order valence-electron chi connectivity index (χ1n) is 9.68. The fraction of sp³-hybridized carbons (Fsp3) is 0.500. The number of carboxylic acid groups (broad SMARTS) is 1. The van der Waals surface area contributed by atoms with Crippen molar-refractivity contribution in [2.24, 2.45) is 5.92 Å². The summed E-state index contributed by atoms with van der Waals surface area (Å²) in [6.07, 6.45) is 0.605. The topological polar surface area (TPSA) is 132 Å². The van der Waals surface area contributed by atoms with E-state index in [2.05, 4.69) is 4.98 Å². The van der Waals surface area contributed by atoms with Crippen molar-refractivity contribution >= 4 is 23.0 Å². The molecule has 0 saturated heterocycles. The van der Waals surface area contributed by atoms with Gasteiger partial charge in [0.15, 0.2) is 5.69 Å². The van der Waals surface area contributed by atoms with Gasteiger partial charge in [-0.15, -0.1) is 11.3 Å². The number of nitrogens with zero attached hydrogens (tertiary/aromatic N) is 2. The van der Waals surface area contributed by atoms with Crippen LogP contribution in [0.5, 0.6) is 5.75 Å². The van der Waals surface area contributed by atoms with Crippen molar-refractivity contribution in [1.29, 1.82) is 0 Å². The van der Waals surface area contributed by atoms with Crippen LogP contribution in [0, 0.1) is 23.0 Å². The predicted molar refractivity (Wildman–Crippen MR) is 109 cm³/mol. The molecule has 1 aliphatic rings. The molecule has 1 heterocycles.